The maximum Gasteiger partial charge on any atom is 0.332 e. The molecular weight excluding hydrogens is 571 g/mol. The van der Waals surface area contributed by atoms with Gasteiger partial charge in [0.25, 0.3) is 0 Å². The van der Waals surface area contributed by atoms with E-state index < -0.39 is 36.0 Å². The van der Waals surface area contributed by atoms with Gasteiger partial charge in [-0.1, -0.05) is 36.4 Å². The number of allylic oxidation sites excluding steroid dienone is 2. The van der Waals surface area contributed by atoms with Crippen LogP contribution in [-0.4, -0.2) is 57.6 Å². The van der Waals surface area contributed by atoms with Crippen LogP contribution in [0.1, 0.15) is 78.4 Å². The molecule has 2 atom stereocenters. The first-order valence-corrected chi connectivity index (χ1v) is 14.8. The van der Waals surface area contributed by atoms with E-state index in [0.717, 1.165) is 43.4 Å². The number of nitrogens with zero attached hydrogens (tertiary/aromatic N) is 4. The topological polar surface area (TPSA) is 105 Å². The summed E-state index contributed by atoms with van der Waals surface area (Å²) in [5, 5.41) is 9.64. The molecular formula is C32H35FN4O5S. The fourth-order valence-corrected chi connectivity index (χ4v) is 6.35. The molecule has 0 bridgehead atoms. The Kier molecular flexibility index (Phi) is 8.24. The van der Waals surface area contributed by atoms with Crippen molar-refractivity contribution < 1.29 is 28.2 Å². The predicted octanol–water partition coefficient (Wildman–Crippen LogP) is 6.08. The quantitative estimate of drug-likeness (QED) is 0.300. The number of aliphatic imine (C=N–C) groups is 1. The van der Waals surface area contributed by atoms with Crippen LogP contribution in [0.3, 0.4) is 0 Å². The highest BCUT2D eigenvalue weighted by molar-refractivity contribution is 7.15. The number of halogens is 1. The highest BCUT2D eigenvalue weighted by Gasteiger charge is 2.34. The van der Waals surface area contributed by atoms with Crippen molar-refractivity contribution in [2.75, 3.05) is 13.7 Å². The monoisotopic (exact) mass is 606 g/mol. The number of ether oxygens (including phenoxy) is 3. The highest BCUT2D eigenvalue weighted by Crippen LogP contribution is 2.40. The summed E-state index contributed by atoms with van der Waals surface area (Å²) in [6.07, 6.45) is 4.69. The summed E-state index contributed by atoms with van der Waals surface area (Å²) in [5.41, 5.74) is 4.48. The molecule has 0 amide bonds. The van der Waals surface area contributed by atoms with Gasteiger partial charge in [-0.15, -0.1) is 21.5 Å². The molecule has 5 rings (SSSR count). The van der Waals surface area contributed by atoms with Crippen LogP contribution < -0.4 is 0 Å². The fraction of sp³-hybridized carbons (Fsp3) is 0.406. The largest absolute Gasteiger partial charge is 0.469 e. The molecule has 1 aromatic carbocycles. The van der Waals surface area contributed by atoms with E-state index >= 15 is 4.39 Å². The van der Waals surface area contributed by atoms with Crippen molar-refractivity contribution in [2.45, 2.75) is 71.9 Å². The van der Waals surface area contributed by atoms with Crippen LogP contribution in [0.5, 0.6) is 0 Å². The molecule has 2 aliphatic rings. The van der Waals surface area contributed by atoms with Crippen molar-refractivity contribution >= 4 is 34.6 Å². The van der Waals surface area contributed by atoms with Gasteiger partial charge < -0.3 is 14.2 Å². The van der Waals surface area contributed by atoms with Gasteiger partial charge in [0, 0.05) is 22.4 Å². The minimum atomic E-state index is -2.14. The summed E-state index contributed by atoms with van der Waals surface area (Å²) in [7, 11) is 1.35. The molecule has 11 heteroatoms. The molecule has 9 nitrogen and oxygen atoms in total. The lowest BCUT2D eigenvalue weighted by atomic mass is 9.92. The zero-order chi connectivity index (χ0) is 31.1. The van der Waals surface area contributed by atoms with Crippen molar-refractivity contribution in [1.82, 2.24) is 14.8 Å². The second kappa shape index (κ2) is 11.6. The van der Waals surface area contributed by atoms with Gasteiger partial charge in [0.1, 0.15) is 29.1 Å². The van der Waals surface area contributed by atoms with Gasteiger partial charge in [0.15, 0.2) is 5.82 Å². The molecule has 0 radical (unpaired) electrons. The lowest BCUT2D eigenvalue weighted by Gasteiger charge is -2.27. The molecule has 3 heterocycles. The van der Waals surface area contributed by atoms with E-state index in [-0.39, 0.29) is 12.8 Å². The normalized spacial score (nSPS) is 19.6. The molecule has 226 valence electrons. The van der Waals surface area contributed by atoms with Crippen LogP contribution in [0.2, 0.25) is 0 Å². The van der Waals surface area contributed by atoms with Crippen LogP contribution in [0.4, 0.5) is 4.39 Å². The third-order valence-electron chi connectivity index (χ3n) is 7.28. The molecule has 0 saturated carbocycles. The lowest BCUT2D eigenvalue weighted by Crippen LogP contribution is -2.32. The van der Waals surface area contributed by atoms with Crippen molar-refractivity contribution in [3.63, 3.8) is 0 Å². The number of methoxy groups -OCH3 is 1. The van der Waals surface area contributed by atoms with E-state index in [2.05, 4.69) is 24.0 Å². The fourth-order valence-electron chi connectivity index (χ4n) is 5.14. The molecule has 1 aliphatic heterocycles. The number of aromatic nitrogens is 3. The smallest absolute Gasteiger partial charge is 0.332 e. The minimum absolute atomic E-state index is 0.0181. The Morgan fingerprint density at radius 2 is 1.79 bits per heavy atom. The number of rotatable bonds is 7. The zero-order valence-electron chi connectivity index (χ0n) is 25.4. The molecule has 0 fully saturated rings. The third kappa shape index (κ3) is 6.37. The van der Waals surface area contributed by atoms with E-state index in [0.29, 0.717) is 11.6 Å². The Hall–Kier alpha value is -3.96. The van der Waals surface area contributed by atoms with Crippen molar-refractivity contribution in [1.29, 1.82) is 0 Å². The number of alkyl halides is 1. The second-order valence-corrected chi connectivity index (χ2v) is 12.8. The zero-order valence-corrected chi connectivity index (χ0v) is 26.2. The van der Waals surface area contributed by atoms with Crippen molar-refractivity contribution in [3.05, 3.63) is 81.3 Å². The summed E-state index contributed by atoms with van der Waals surface area (Å²) < 4.78 is 33.2. The average Bonchev–Trinajstić information content (AvgIpc) is 3.43. The number of carbonyl (C=O) groups is 2. The number of hydrogen-bond donors (Lipinski definition) is 0. The first-order chi connectivity index (χ1) is 20.3. The SMILES string of the molecule is COC(=O)C[C@@H]1N=C(c2ccc(C3=CC=CC(F)(OCC(=O)OC(C)(C)C)C3)cc2)c2c(sc(C)c2C)-n2c(C)nnc21. The predicted molar refractivity (Wildman–Crippen MR) is 162 cm³/mol. The molecule has 0 spiro atoms. The Balaban J connectivity index is 1.45. The van der Waals surface area contributed by atoms with Gasteiger partial charge >= 0.3 is 11.9 Å². The van der Waals surface area contributed by atoms with Crippen LogP contribution in [0.15, 0.2) is 47.5 Å². The van der Waals surface area contributed by atoms with Crippen LogP contribution >= 0.6 is 11.3 Å². The van der Waals surface area contributed by atoms with Gasteiger partial charge in [0.2, 0.25) is 5.85 Å². The molecule has 43 heavy (non-hydrogen) atoms. The van der Waals surface area contributed by atoms with E-state index in [4.69, 9.17) is 19.2 Å². The first-order valence-electron chi connectivity index (χ1n) is 14.0. The van der Waals surface area contributed by atoms with Gasteiger partial charge in [0.05, 0.1) is 19.2 Å². The van der Waals surface area contributed by atoms with E-state index in [9.17, 15) is 9.59 Å². The molecule has 1 unspecified atom stereocenters. The molecule has 2 aromatic heterocycles. The maximum absolute atomic E-state index is 15.6. The van der Waals surface area contributed by atoms with Gasteiger partial charge in [-0.25, -0.2) is 9.18 Å². The summed E-state index contributed by atoms with van der Waals surface area (Å²) in [6, 6.07) is 7.12. The van der Waals surface area contributed by atoms with E-state index in [1.807, 2.05) is 41.8 Å². The highest BCUT2D eigenvalue weighted by atomic mass is 32.1. The van der Waals surface area contributed by atoms with Crippen LogP contribution in [0, 0.1) is 20.8 Å². The number of thiophene rings is 1. The van der Waals surface area contributed by atoms with Crippen molar-refractivity contribution in [2.24, 2.45) is 4.99 Å². The van der Waals surface area contributed by atoms with Gasteiger partial charge in [-0.3, -0.25) is 14.4 Å². The molecule has 0 N–H and O–H groups in total. The summed E-state index contributed by atoms with van der Waals surface area (Å²) in [4.78, 5) is 30.7. The first kappa shape index (κ1) is 30.5. The number of hydrogen-bond acceptors (Lipinski definition) is 9. The van der Waals surface area contributed by atoms with Crippen LogP contribution in [-0.2, 0) is 23.8 Å². The maximum atomic E-state index is 15.6. The van der Waals surface area contributed by atoms with E-state index in [1.165, 1.54) is 13.2 Å². The summed E-state index contributed by atoms with van der Waals surface area (Å²) >= 11 is 1.63. The number of aryl methyl sites for hydroxylation is 2. The Labute approximate surface area is 254 Å². The standard InChI is InChI=1S/C32H35FN4O5S/c1-18-19(2)43-30-27(18)28(34-24(15-25(38)40-7)29-36-35-20(3)37(29)30)22-12-10-21(11-13-22)23-9-8-14-32(33,16-23)41-17-26(39)42-31(4,5)6/h8-14,24H,15-17H2,1-7H3/t24-,32?/m0/s1. The lowest BCUT2D eigenvalue weighted by molar-refractivity contribution is -0.174. The Morgan fingerprint density at radius 3 is 2.47 bits per heavy atom. The molecule has 1 aliphatic carbocycles. The van der Waals surface area contributed by atoms with Gasteiger partial charge in [-0.05, 0) is 64.3 Å². The molecule has 3 aromatic rings. The summed E-state index contributed by atoms with van der Waals surface area (Å²) in [6.45, 7) is 10.8. The van der Waals surface area contributed by atoms with Crippen LogP contribution in [0.25, 0.3) is 10.6 Å². The average molecular weight is 607 g/mol. The minimum Gasteiger partial charge on any atom is -0.469 e. The van der Waals surface area contributed by atoms with Crippen molar-refractivity contribution in [3.8, 4) is 5.00 Å². The third-order valence-corrected chi connectivity index (χ3v) is 8.47. The number of benzene rings is 1. The van der Waals surface area contributed by atoms with Gasteiger partial charge in [-0.2, -0.15) is 0 Å². The summed E-state index contributed by atoms with van der Waals surface area (Å²) in [5.74, 6) is -1.87. The molecule has 0 saturated heterocycles. The van der Waals surface area contributed by atoms with E-state index in [1.54, 1.807) is 38.2 Å². The number of esters is 2. The second-order valence-electron chi connectivity index (χ2n) is 11.6. The number of carbonyl (C=O) groups excluding carboxylic acids is 2. The number of fused-ring (bicyclic) bond motifs is 3. The Bertz CT molecular complexity index is 1660. The Morgan fingerprint density at radius 1 is 1.09 bits per heavy atom.